The van der Waals surface area contributed by atoms with Crippen LogP contribution in [0.15, 0.2) is 0 Å². The van der Waals surface area contributed by atoms with E-state index in [-0.39, 0.29) is 0 Å². The maximum atomic E-state index is 5.80. The predicted molar refractivity (Wildman–Crippen MR) is 69.3 cm³/mol. The summed E-state index contributed by atoms with van der Waals surface area (Å²) < 4.78 is 4.13. The Bertz CT molecular complexity index is 258. The van der Waals surface area contributed by atoms with E-state index in [1.165, 1.54) is 0 Å². The highest BCUT2D eigenvalue weighted by atomic mass is 31.2. The van der Waals surface area contributed by atoms with Crippen molar-refractivity contribution in [1.82, 2.24) is 14.3 Å². The lowest BCUT2D eigenvalue weighted by Crippen LogP contribution is -2.29. The second-order valence-electron chi connectivity index (χ2n) is 3.38. The van der Waals surface area contributed by atoms with Gasteiger partial charge in [-0.15, -0.1) is 0 Å². The summed E-state index contributed by atoms with van der Waals surface area (Å²) in [6.45, 7) is 5.49. The van der Waals surface area contributed by atoms with Crippen LogP contribution in [-0.4, -0.2) is 13.1 Å². The Morgan fingerprint density at radius 2 is 1.20 bits per heavy atom. The van der Waals surface area contributed by atoms with E-state index < -0.39 is 15.0 Å². The van der Waals surface area contributed by atoms with Crippen molar-refractivity contribution in [1.29, 1.82) is 0 Å². The van der Waals surface area contributed by atoms with Crippen molar-refractivity contribution in [3.05, 3.63) is 0 Å². The van der Waals surface area contributed by atoms with Gasteiger partial charge in [0, 0.05) is 13.1 Å². The molecular weight excluding hydrogens is 232 g/mol. The molecule has 0 aromatic rings. The van der Waals surface area contributed by atoms with Gasteiger partial charge in [0.05, 0.1) is 0 Å². The first-order valence-electron chi connectivity index (χ1n) is 5.00. The zero-order chi connectivity index (χ0) is 11.9. The lowest BCUT2D eigenvalue weighted by molar-refractivity contribution is 0.854. The SMILES string of the molecule is CCCNP(N)(N)=[N+]=P(N)(N)NCCC. The van der Waals surface area contributed by atoms with Crippen molar-refractivity contribution in [3.8, 4) is 0 Å². The van der Waals surface area contributed by atoms with E-state index in [1.54, 1.807) is 0 Å². The van der Waals surface area contributed by atoms with Crippen molar-refractivity contribution in [2.45, 2.75) is 26.7 Å². The van der Waals surface area contributed by atoms with Gasteiger partial charge in [0.2, 0.25) is 0 Å². The Morgan fingerprint density at radius 1 is 0.867 bits per heavy atom. The van der Waals surface area contributed by atoms with Gasteiger partial charge in [0.1, 0.15) is 0 Å². The lowest BCUT2D eigenvalue weighted by atomic mass is 10.5. The van der Waals surface area contributed by atoms with Crippen LogP contribution in [0.2, 0.25) is 0 Å². The second kappa shape index (κ2) is 6.81. The second-order valence-corrected chi connectivity index (χ2v) is 7.68. The predicted octanol–water partition coefficient (Wildman–Crippen LogP) is -0.220. The minimum atomic E-state index is -2.51. The Labute approximate surface area is 91.8 Å². The molecule has 0 atom stereocenters. The molecule has 0 saturated carbocycles. The molecule has 0 aliphatic heterocycles. The highest BCUT2D eigenvalue weighted by molar-refractivity contribution is 7.66. The minimum absolute atomic E-state index is 0.720. The van der Waals surface area contributed by atoms with E-state index >= 15 is 0 Å². The van der Waals surface area contributed by atoms with Gasteiger partial charge in [-0.3, -0.25) is 0 Å². The fraction of sp³-hybridized carbons (Fsp3) is 1.00. The van der Waals surface area contributed by atoms with Gasteiger partial charge >= 0.3 is 15.0 Å². The molecule has 0 radical (unpaired) electrons. The largest absolute Gasteiger partial charge is 0.419 e. The molecule has 0 amide bonds. The van der Waals surface area contributed by atoms with Crippen molar-refractivity contribution in [2.24, 2.45) is 22.0 Å². The summed E-state index contributed by atoms with van der Waals surface area (Å²) in [4.78, 5) is 0. The average Bonchev–Trinajstić information content (AvgIpc) is 2.10. The number of rotatable bonds is 6. The molecular formula is C6H24N7P2+. The maximum absolute atomic E-state index is 5.80. The van der Waals surface area contributed by atoms with Gasteiger partial charge in [0.15, 0.2) is 0 Å². The van der Waals surface area contributed by atoms with E-state index in [0.29, 0.717) is 0 Å². The standard InChI is InChI=1S/C6H23N7P2/c1-3-5-11-14(7,8)13-15(9,10)12-6-4-2/h3-6H2,1-2H3,(H9,7,8,9,10,11,12,13)/p+1. The summed E-state index contributed by atoms with van der Waals surface area (Å²) >= 11 is 0. The first-order chi connectivity index (χ1) is 6.83. The van der Waals surface area contributed by atoms with Crippen LogP contribution in [-0.2, 0) is 0 Å². The molecule has 0 bridgehead atoms. The molecule has 0 rings (SSSR count). The molecule has 0 aliphatic rings. The van der Waals surface area contributed by atoms with Gasteiger partial charge in [0.25, 0.3) is 0 Å². The van der Waals surface area contributed by atoms with Crippen molar-refractivity contribution >= 4 is 15.0 Å². The van der Waals surface area contributed by atoms with E-state index in [1.807, 2.05) is 13.8 Å². The molecule has 0 spiro atoms. The van der Waals surface area contributed by atoms with Gasteiger partial charge in [-0.1, -0.05) is 18.0 Å². The van der Waals surface area contributed by atoms with Crippen LogP contribution in [0, 0.1) is 0 Å². The van der Waals surface area contributed by atoms with E-state index in [9.17, 15) is 0 Å². The molecule has 0 fully saturated rings. The Morgan fingerprint density at radius 3 is 1.47 bits per heavy atom. The first-order valence-corrected chi connectivity index (χ1v) is 8.76. The minimum Gasteiger partial charge on any atom is -0.224 e. The molecule has 0 saturated heterocycles. The lowest BCUT2D eigenvalue weighted by Gasteiger charge is -2.06. The number of hydrogen-bond acceptors (Lipinski definition) is 0. The molecule has 10 N–H and O–H groups in total. The van der Waals surface area contributed by atoms with Gasteiger partial charge < -0.3 is 0 Å². The molecule has 9 heteroatoms. The van der Waals surface area contributed by atoms with Crippen molar-refractivity contribution in [2.75, 3.05) is 13.1 Å². The average molecular weight is 256 g/mol. The van der Waals surface area contributed by atoms with Crippen molar-refractivity contribution < 1.29 is 0 Å². The molecule has 15 heavy (non-hydrogen) atoms. The Hall–Kier alpha value is 0.330. The molecule has 0 heterocycles. The number of nitrogens with zero attached hydrogens (tertiary/aromatic N) is 1. The molecule has 7 nitrogen and oxygen atoms in total. The third-order valence-corrected chi connectivity index (χ3v) is 5.35. The van der Waals surface area contributed by atoms with Crippen LogP contribution in [0.25, 0.3) is 0 Å². The number of hydrogen-bond donors (Lipinski definition) is 6. The Kier molecular flexibility index (Phi) is 6.96. The molecule has 0 unspecified atom stereocenters. The van der Waals surface area contributed by atoms with Gasteiger partial charge in [-0.2, -0.15) is 0 Å². The number of nitrogens with one attached hydrogen (secondary N) is 2. The maximum Gasteiger partial charge on any atom is 0.419 e. The summed E-state index contributed by atoms with van der Waals surface area (Å²) in [6, 6.07) is 0. The first kappa shape index (κ1) is 15.3. The van der Waals surface area contributed by atoms with Crippen LogP contribution in [0.3, 0.4) is 0 Å². The topological polar surface area (TPSA) is 142 Å². The molecule has 0 aliphatic carbocycles. The zero-order valence-electron chi connectivity index (χ0n) is 9.48. The smallest absolute Gasteiger partial charge is 0.224 e. The normalized spacial score (nSPS) is 12.7. The summed E-state index contributed by atoms with van der Waals surface area (Å²) in [6.07, 6.45) is 1.88. The number of nitrogens with two attached hydrogens (primary N) is 4. The van der Waals surface area contributed by atoms with Crippen LogP contribution < -0.4 is 36.4 Å². The monoisotopic (exact) mass is 256 g/mol. The Balaban J connectivity index is 4.81. The summed E-state index contributed by atoms with van der Waals surface area (Å²) in [5.74, 6) is 0. The fourth-order valence-corrected chi connectivity index (χ4v) is 4.52. The highest BCUT2D eigenvalue weighted by Crippen LogP contribution is 2.26. The van der Waals surface area contributed by atoms with Crippen LogP contribution >= 0.6 is 15.0 Å². The van der Waals surface area contributed by atoms with E-state index in [0.717, 1.165) is 25.9 Å². The van der Waals surface area contributed by atoms with Crippen LogP contribution in [0.1, 0.15) is 26.7 Å². The third-order valence-electron chi connectivity index (χ3n) is 1.53. The summed E-state index contributed by atoms with van der Waals surface area (Å²) in [5, 5.41) is 5.94. The zero-order valence-corrected chi connectivity index (χ0v) is 11.3. The third kappa shape index (κ3) is 8.17. The van der Waals surface area contributed by atoms with Gasteiger partial charge in [-0.05, 0) is 12.8 Å². The van der Waals surface area contributed by atoms with E-state index in [2.05, 4.69) is 14.3 Å². The van der Waals surface area contributed by atoms with Gasteiger partial charge in [-0.25, -0.2) is 32.2 Å². The quantitative estimate of drug-likeness (QED) is 0.286. The fourth-order valence-electron chi connectivity index (χ4n) is 0.890. The molecule has 0 aromatic heterocycles. The van der Waals surface area contributed by atoms with Crippen LogP contribution in [0.4, 0.5) is 0 Å². The summed E-state index contributed by atoms with van der Waals surface area (Å²) in [5.41, 5.74) is 23.2. The molecule has 92 valence electrons. The van der Waals surface area contributed by atoms with Crippen molar-refractivity contribution in [3.63, 3.8) is 0 Å². The van der Waals surface area contributed by atoms with Crippen LogP contribution in [0.5, 0.6) is 0 Å². The molecule has 0 aromatic carbocycles. The highest BCUT2D eigenvalue weighted by Gasteiger charge is 2.23. The van der Waals surface area contributed by atoms with E-state index in [4.69, 9.17) is 22.0 Å². The summed E-state index contributed by atoms with van der Waals surface area (Å²) in [7, 11) is -5.02.